The number of hydrogen-bond donors (Lipinski definition) is 1. The van der Waals surface area contributed by atoms with Gasteiger partial charge in [0, 0.05) is 24.0 Å². The van der Waals surface area contributed by atoms with E-state index in [1.54, 1.807) is 0 Å². The Balaban J connectivity index is 1.85. The highest BCUT2D eigenvalue weighted by Crippen LogP contribution is 2.41. The van der Waals surface area contributed by atoms with Crippen molar-refractivity contribution < 1.29 is 13.2 Å². The second-order valence-electron chi connectivity index (χ2n) is 6.11. The van der Waals surface area contributed by atoms with Gasteiger partial charge >= 0.3 is 0 Å². The molecule has 4 unspecified atom stereocenters. The van der Waals surface area contributed by atoms with Gasteiger partial charge in [0.15, 0.2) is 0 Å². The van der Waals surface area contributed by atoms with Crippen LogP contribution in [0.2, 0.25) is 0 Å². The molecule has 0 aromatic rings. The van der Waals surface area contributed by atoms with Gasteiger partial charge in [-0.2, -0.15) is 0 Å². The van der Waals surface area contributed by atoms with Crippen LogP contribution >= 0.6 is 0 Å². The average molecular weight is 289 g/mol. The molecule has 2 saturated heterocycles. The predicted octanol–water partition coefficient (Wildman–Crippen LogP) is 1.75. The summed E-state index contributed by atoms with van der Waals surface area (Å²) in [6.07, 6.45) is 8.58. The van der Waals surface area contributed by atoms with Crippen molar-refractivity contribution in [1.29, 1.82) is 0 Å². The van der Waals surface area contributed by atoms with Gasteiger partial charge in [0.05, 0.1) is 12.2 Å². The van der Waals surface area contributed by atoms with E-state index < -0.39 is 9.84 Å². The number of sulfone groups is 1. The highest BCUT2D eigenvalue weighted by atomic mass is 32.2. The van der Waals surface area contributed by atoms with Crippen molar-refractivity contribution in [2.24, 2.45) is 5.92 Å². The SMILES string of the molecule is CCCNC(CCCS(C)(=O)=O)C1CC2CCC1O2. The topological polar surface area (TPSA) is 55.4 Å². The number of nitrogens with one attached hydrogen (secondary N) is 1. The molecule has 2 bridgehead atoms. The van der Waals surface area contributed by atoms with E-state index in [1.165, 1.54) is 19.1 Å². The van der Waals surface area contributed by atoms with Gasteiger partial charge < -0.3 is 10.1 Å². The molecule has 2 rings (SSSR count). The van der Waals surface area contributed by atoms with Crippen LogP contribution in [0.25, 0.3) is 0 Å². The van der Waals surface area contributed by atoms with Crippen molar-refractivity contribution in [3.8, 4) is 0 Å². The van der Waals surface area contributed by atoms with Crippen molar-refractivity contribution in [3.05, 3.63) is 0 Å². The summed E-state index contributed by atoms with van der Waals surface area (Å²) in [6.45, 7) is 3.18. The average Bonchev–Trinajstić information content (AvgIpc) is 2.94. The Morgan fingerprint density at radius 3 is 2.68 bits per heavy atom. The standard InChI is InChI=1S/C14H27NO3S/c1-3-8-15-13(5-4-9-19(2,16)17)12-10-11-6-7-14(12)18-11/h11-15H,3-10H2,1-2H3. The third-order valence-corrected chi connectivity index (χ3v) is 5.39. The fraction of sp³-hybridized carbons (Fsp3) is 1.00. The van der Waals surface area contributed by atoms with Gasteiger partial charge in [-0.3, -0.25) is 0 Å². The molecule has 0 saturated carbocycles. The van der Waals surface area contributed by atoms with Crippen molar-refractivity contribution in [2.75, 3.05) is 18.6 Å². The number of fused-ring (bicyclic) bond motifs is 2. The first-order valence-corrected chi connectivity index (χ1v) is 9.62. The highest BCUT2D eigenvalue weighted by Gasteiger charge is 2.43. The molecule has 0 radical (unpaired) electrons. The van der Waals surface area contributed by atoms with Gasteiger partial charge in [0.25, 0.3) is 0 Å². The van der Waals surface area contributed by atoms with Crippen molar-refractivity contribution in [2.45, 2.75) is 63.7 Å². The van der Waals surface area contributed by atoms with Crippen molar-refractivity contribution >= 4 is 9.84 Å². The molecule has 4 nitrogen and oxygen atoms in total. The van der Waals surface area contributed by atoms with Gasteiger partial charge in [-0.05, 0) is 45.1 Å². The monoisotopic (exact) mass is 289 g/mol. The zero-order valence-corrected chi connectivity index (χ0v) is 12.9. The minimum absolute atomic E-state index is 0.305. The molecule has 2 aliphatic rings. The van der Waals surface area contributed by atoms with Crippen LogP contribution in [0.4, 0.5) is 0 Å². The van der Waals surface area contributed by atoms with E-state index in [0.717, 1.165) is 32.2 Å². The molecule has 2 fully saturated rings. The maximum absolute atomic E-state index is 11.2. The Labute approximate surface area is 117 Å². The third kappa shape index (κ3) is 4.43. The van der Waals surface area contributed by atoms with E-state index in [9.17, 15) is 8.42 Å². The maximum atomic E-state index is 11.2. The molecule has 0 aromatic carbocycles. The van der Waals surface area contributed by atoms with E-state index in [2.05, 4.69) is 12.2 Å². The summed E-state index contributed by atoms with van der Waals surface area (Å²) in [7, 11) is -2.83. The summed E-state index contributed by atoms with van der Waals surface area (Å²) in [5.41, 5.74) is 0. The van der Waals surface area contributed by atoms with Gasteiger partial charge in [0.2, 0.25) is 0 Å². The molecular weight excluding hydrogens is 262 g/mol. The van der Waals surface area contributed by atoms with Crippen LogP contribution < -0.4 is 5.32 Å². The molecule has 0 aromatic heterocycles. The summed E-state index contributed by atoms with van der Waals surface area (Å²) >= 11 is 0. The summed E-state index contributed by atoms with van der Waals surface area (Å²) < 4.78 is 28.4. The van der Waals surface area contributed by atoms with Crippen LogP contribution in [0.3, 0.4) is 0 Å². The van der Waals surface area contributed by atoms with E-state index in [1.807, 2.05) is 0 Å². The van der Waals surface area contributed by atoms with E-state index in [-0.39, 0.29) is 0 Å². The van der Waals surface area contributed by atoms with Crippen LogP contribution in [0.1, 0.15) is 45.4 Å². The van der Waals surface area contributed by atoms with Crippen LogP contribution in [-0.2, 0) is 14.6 Å². The lowest BCUT2D eigenvalue weighted by atomic mass is 9.82. The molecule has 112 valence electrons. The summed E-state index contributed by atoms with van der Waals surface area (Å²) in [5.74, 6) is 0.892. The lowest BCUT2D eigenvalue weighted by Crippen LogP contribution is -2.41. The third-order valence-electron chi connectivity index (χ3n) is 4.36. The zero-order chi connectivity index (χ0) is 13.9. The maximum Gasteiger partial charge on any atom is 0.147 e. The van der Waals surface area contributed by atoms with Gasteiger partial charge in [-0.25, -0.2) is 8.42 Å². The molecular formula is C14H27NO3S. The largest absolute Gasteiger partial charge is 0.375 e. The Morgan fingerprint density at radius 2 is 2.16 bits per heavy atom. The Morgan fingerprint density at radius 1 is 1.37 bits per heavy atom. The predicted molar refractivity (Wildman–Crippen MR) is 77.0 cm³/mol. The fourth-order valence-corrected chi connectivity index (χ4v) is 4.15. The van der Waals surface area contributed by atoms with Crippen molar-refractivity contribution in [1.82, 2.24) is 5.32 Å². The number of ether oxygens (including phenoxy) is 1. The number of rotatable bonds is 8. The molecule has 5 heteroatoms. The second-order valence-corrected chi connectivity index (χ2v) is 8.37. The molecule has 19 heavy (non-hydrogen) atoms. The minimum Gasteiger partial charge on any atom is -0.375 e. The van der Waals surface area contributed by atoms with Gasteiger partial charge in [-0.15, -0.1) is 0 Å². The molecule has 0 spiro atoms. The summed E-state index contributed by atoms with van der Waals surface area (Å²) in [4.78, 5) is 0. The molecule has 4 atom stereocenters. The Kier molecular flexibility index (Phi) is 5.26. The van der Waals surface area contributed by atoms with Gasteiger partial charge in [-0.1, -0.05) is 6.92 Å². The zero-order valence-electron chi connectivity index (χ0n) is 12.1. The quantitative estimate of drug-likeness (QED) is 0.739. The molecule has 2 aliphatic heterocycles. The number of hydrogen-bond acceptors (Lipinski definition) is 4. The van der Waals surface area contributed by atoms with Crippen LogP contribution in [0, 0.1) is 5.92 Å². The minimum atomic E-state index is -2.83. The molecule has 0 amide bonds. The van der Waals surface area contributed by atoms with E-state index >= 15 is 0 Å². The lowest BCUT2D eigenvalue weighted by molar-refractivity contribution is 0.0849. The molecule has 2 heterocycles. The normalized spacial score (nSPS) is 31.8. The molecule has 1 N–H and O–H groups in total. The first kappa shape index (κ1) is 15.3. The van der Waals surface area contributed by atoms with E-state index in [0.29, 0.717) is 29.9 Å². The van der Waals surface area contributed by atoms with Gasteiger partial charge in [0.1, 0.15) is 9.84 Å². The summed E-state index contributed by atoms with van der Waals surface area (Å²) in [6, 6.07) is 0.428. The highest BCUT2D eigenvalue weighted by molar-refractivity contribution is 7.90. The second kappa shape index (κ2) is 6.55. The van der Waals surface area contributed by atoms with Crippen LogP contribution in [0.5, 0.6) is 0 Å². The van der Waals surface area contributed by atoms with E-state index in [4.69, 9.17) is 4.74 Å². The first-order valence-electron chi connectivity index (χ1n) is 7.56. The Hall–Kier alpha value is -0.130. The Bertz CT molecular complexity index is 382. The lowest BCUT2D eigenvalue weighted by Gasteiger charge is -2.29. The summed E-state index contributed by atoms with van der Waals surface area (Å²) in [5, 5.41) is 3.61. The fourth-order valence-electron chi connectivity index (χ4n) is 3.46. The smallest absolute Gasteiger partial charge is 0.147 e. The first-order chi connectivity index (χ1) is 8.99. The molecule has 0 aliphatic carbocycles. The van der Waals surface area contributed by atoms with Crippen LogP contribution in [-0.4, -0.2) is 45.2 Å². The van der Waals surface area contributed by atoms with Crippen LogP contribution in [0.15, 0.2) is 0 Å². The van der Waals surface area contributed by atoms with Crippen molar-refractivity contribution in [3.63, 3.8) is 0 Å².